The van der Waals surface area contributed by atoms with Crippen molar-refractivity contribution in [3.8, 4) is 0 Å². The number of alkyl carbamates (subject to hydrolysis) is 2. The van der Waals surface area contributed by atoms with Crippen molar-refractivity contribution in [2.75, 3.05) is 5.32 Å². The Kier molecular flexibility index (Phi) is 26.2. The lowest BCUT2D eigenvalue weighted by Gasteiger charge is -2.30. The number of alkyl halides is 6. The number of ether oxygens (including phenoxy) is 2. The molecule has 0 heterocycles. The predicted octanol–water partition coefficient (Wildman–Crippen LogP) is 11.7. The van der Waals surface area contributed by atoms with Gasteiger partial charge in [-0.2, -0.15) is 31.3 Å². The smallest absolute Gasteiger partial charge is 0.416 e. The van der Waals surface area contributed by atoms with E-state index in [1.165, 1.54) is 18.2 Å². The Morgan fingerprint density at radius 3 is 1.27 bits per heavy atom. The molecule has 12 nitrogen and oxygen atoms in total. The molecular formula is C42H68F6N6O6. The van der Waals surface area contributed by atoms with Gasteiger partial charge in [0, 0.05) is 29.9 Å². The van der Waals surface area contributed by atoms with Crippen molar-refractivity contribution in [2.45, 2.75) is 170 Å². The Labute approximate surface area is 352 Å². The maximum absolute atomic E-state index is 12.5. The van der Waals surface area contributed by atoms with Gasteiger partial charge in [0.05, 0.1) is 16.8 Å². The van der Waals surface area contributed by atoms with Crippen LogP contribution in [0.2, 0.25) is 0 Å². The summed E-state index contributed by atoms with van der Waals surface area (Å²) in [6.07, 6.45) is -1.65. The van der Waals surface area contributed by atoms with E-state index >= 15 is 0 Å². The molecule has 2 aliphatic rings. The predicted molar refractivity (Wildman–Crippen MR) is 225 cm³/mol. The Morgan fingerprint density at radius 1 is 0.600 bits per heavy atom. The number of anilines is 1. The highest BCUT2D eigenvalue weighted by atomic mass is 19.4. The highest BCUT2D eigenvalue weighted by Gasteiger charge is 2.31. The van der Waals surface area contributed by atoms with Crippen LogP contribution in [0.3, 0.4) is 0 Å². The maximum Gasteiger partial charge on any atom is 0.416 e. The number of aliphatic imine (C=N–C) groups is 1. The Hall–Kier alpha value is -4.83. The molecule has 0 aromatic heterocycles. The zero-order valence-electron chi connectivity index (χ0n) is 32.3. The number of rotatable bonds is 5. The van der Waals surface area contributed by atoms with Crippen LogP contribution < -0.4 is 27.0 Å². The van der Waals surface area contributed by atoms with Gasteiger partial charge < -0.3 is 36.5 Å². The van der Waals surface area contributed by atoms with Gasteiger partial charge in [0.15, 0.2) is 0 Å². The van der Waals surface area contributed by atoms with Crippen molar-refractivity contribution in [1.29, 1.82) is 0 Å². The van der Waals surface area contributed by atoms with Crippen molar-refractivity contribution in [3.63, 3.8) is 0 Å². The molecule has 0 spiro atoms. The van der Waals surface area contributed by atoms with E-state index < -0.39 is 46.8 Å². The third-order valence-electron chi connectivity index (χ3n) is 8.12. The molecule has 0 saturated heterocycles. The summed E-state index contributed by atoms with van der Waals surface area (Å²) < 4.78 is 84.1. The molecule has 2 fully saturated rings. The van der Waals surface area contributed by atoms with Crippen molar-refractivity contribution in [2.24, 2.45) is 10.7 Å². The molecule has 2 aliphatic carbocycles. The first kappa shape index (κ1) is 59.5. The van der Waals surface area contributed by atoms with E-state index in [4.69, 9.17) is 15.2 Å². The van der Waals surface area contributed by atoms with Crippen LogP contribution in [0.1, 0.15) is 134 Å². The minimum absolute atomic E-state index is 0. The third kappa shape index (κ3) is 24.9. The Morgan fingerprint density at radius 2 is 0.933 bits per heavy atom. The average molecular weight is 867 g/mol. The molecule has 0 atom stereocenters. The second kappa shape index (κ2) is 26.4. The number of halogens is 6. The van der Waals surface area contributed by atoms with E-state index in [1.54, 1.807) is 20.8 Å². The number of nitrogens with two attached hydrogens (primary N) is 1. The van der Waals surface area contributed by atoms with Crippen LogP contribution >= 0.6 is 0 Å². The SMILES string of the molecule is C.C.C.C.CC(C)(C)OC(=O)NC1CCC(N)CC1.CC(C)(C)OC(=O)NC1CCC(NC(=O)Nc2ccc(C(F)(F)F)cc2)CC1.O=C=Nc1ccc(C(F)(F)F)cc1. The van der Waals surface area contributed by atoms with Crippen LogP contribution in [0.25, 0.3) is 0 Å². The van der Waals surface area contributed by atoms with E-state index in [-0.39, 0.29) is 65.3 Å². The molecule has 2 aromatic carbocycles. The van der Waals surface area contributed by atoms with E-state index in [9.17, 15) is 45.5 Å². The quantitative estimate of drug-likeness (QED) is 0.113. The molecule has 4 rings (SSSR count). The van der Waals surface area contributed by atoms with E-state index in [2.05, 4.69) is 26.3 Å². The topological polar surface area (TPSA) is 173 Å². The van der Waals surface area contributed by atoms with Gasteiger partial charge in [-0.1, -0.05) is 29.7 Å². The third-order valence-corrected chi connectivity index (χ3v) is 8.12. The van der Waals surface area contributed by atoms with Crippen molar-refractivity contribution < 1.29 is 55.0 Å². The molecular weight excluding hydrogens is 798 g/mol. The second-order valence-electron chi connectivity index (χ2n) is 15.4. The second-order valence-corrected chi connectivity index (χ2v) is 15.4. The van der Waals surface area contributed by atoms with Crippen LogP contribution in [0.15, 0.2) is 53.5 Å². The fraction of sp³-hybridized carbons (Fsp3) is 0.619. The van der Waals surface area contributed by atoms with Crippen LogP contribution in [0.4, 0.5) is 52.1 Å². The summed E-state index contributed by atoms with van der Waals surface area (Å²) in [4.78, 5) is 48.2. The van der Waals surface area contributed by atoms with Gasteiger partial charge in [0.25, 0.3) is 0 Å². The Balaban J connectivity index is -0.000000864. The van der Waals surface area contributed by atoms with Crippen molar-refractivity contribution >= 4 is 35.7 Å². The molecule has 0 radical (unpaired) electrons. The van der Waals surface area contributed by atoms with Gasteiger partial charge >= 0.3 is 30.6 Å². The highest BCUT2D eigenvalue weighted by Crippen LogP contribution is 2.31. The number of carbonyl (C=O) groups excluding carboxylic acids is 4. The fourth-order valence-corrected chi connectivity index (χ4v) is 5.47. The molecule has 60 heavy (non-hydrogen) atoms. The minimum atomic E-state index is -4.41. The standard InChI is InChI=1S/C19H26F3N3O3.C11H22N2O2.C8H4F3NO.4CH4/c1-18(2,3)28-17(27)25-15-10-8-14(9-11-15)24-16(26)23-13-6-4-12(5-7-13)19(20,21)22;1-11(2,3)15-10(14)13-9-6-4-8(12)5-7-9;9-8(10,11)6-1-3-7(4-2-6)12-5-13;;;;/h4-7,14-15H,8-11H2,1-3H3,(H,25,27)(H2,23,24,26);8-9H,4-7,12H2,1-3H3,(H,13,14);1-4H;4*1H4. The number of nitrogens with zero attached hydrogens (tertiary/aromatic N) is 1. The number of nitrogens with one attached hydrogen (secondary N) is 4. The normalized spacial score (nSPS) is 18.6. The van der Waals surface area contributed by atoms with Crippen molar-refractivity contribution in [1.82, 2.24) is 16.0 Å². The van der Waals surface area contributed by atoms with E-state index in [0.29, 0.717) is 31.7 Å². The number of hydrogen-bond donors (Lipinski definition) is 5. The number of urea groups is 1. The summed E-state index contributed by atoms with van der Waals surface area (Å²) in [5.41, 5.74) is 3.71. The summed E-state index contributed by atoms with van der Waals surface area (Å²) in [5.74, 6) is 0. The molecule has 4 amide bonds. The average Bonchev–Trinajstić information content (AvgIpc) is 3.05. The lowest BCUT2D eigenvalue weighted by Crippen LogP contribution is -2.45. The monoisotopic (exact) mass is 867 g/mol. The number of hydrogen-bond acceptors (Lipinski definition) is 8. The summed E-state index contributed by atoms with van der Waals surface area (Å²) >= 11 is 0. The molecule has 0 unspecified atom stereocenters. The van der Waals surface area contributed by atoms with E-state index in [1.807, 2.05) is 20.8 Å². The molecule has 18 heteroatoms. The van der Waals surface area contributed by atoms with Crippen LogP contribution in [0, 0.1) is 0 Å². The number of benzene rings is 2. The van der Waals surface area contributed by atoms with Gasteiger partial charge in [-0.3, -0.25) is 0 Å². The lowest BCUT2D eigenvalue weighted by atomic mass is 9.91. The molecule has 344 valence electrons. The zero-order chi connectivity index (χ0) is 42.3. The molecule has 2 saturated carbocycles. The van der Waals surface area contributed by atoms with Gasteiger partial charge in [-0.15, -0.1) is 0 Å². The summed E-state index contributed by atoms with van der Waals surface area (Å²) in [6, 6.07) is 8.19. The number of amides is 4. The zero-order valence-corrected chi connectivity index (χ0v) is 32.3. The van der Waals surface area contributed by atoms with E-state index in [0.717, 1.165) is 62.1 Å². The van der Waals surface area contributed by atoms with Gasteiger partial charge in [-0.05, 0) is 141 Å². The molecule has 2 aromatic rings. The van der Waals surface area contributed by atoms with Crippen molar-refractivity contribution in [3.05, 3.63) is 59.7 Å². The Bertz CT molecular complexity index is 1590. The van der Waals surface area contributed by atoms with Gasteiger partial charge in [-0.25, -0.2) is 19.2 Å². The molecule has 6 N–H and O–H groups in total. The van der Waals surface area contributed by atoms with Crippen LogP contribution in [-0.2, 0) is 26.6 Å². The first-order valence-electron chi connectivity index (χ1n) is 18.1. The number of isocyanates is 1. The summed E-state index contributed by atoms with van der Waals surface area (Å²) in [5, 5.41) is 11.0. The fourth-order valence-electron chi connectivity index (χ4n) is 5.47. The van der Waals surface area contributed by atoms with Gasteiger partial charge in [0.2, 0.25) is 6.08 Å². The van der Waals surface area contributed by atoms with Crippen LogP contribution in [-0.4, -0.2) is 59.7 Å². The van der Waals surface area contributed by atoms with Gasteiger partial charge in [0.1, 0.15) is 11.2 Å². The molecule has 0 aliphatic heterocycles. The summed E-state index contributed by atoms with van der Waals surface area (Å²) in [6.45, 7) is 11.0. The highest BCUT2D eigenvalue weighted by molar-refractivity contribution is 5.89. The van der Waals surface area contributed by atoms with Crippen LogP contribution in [0.5, 0.6) is 0 Å². The molecule has 0 bridgehead atoms. The first-order valence-corrected chi connectivity index (χ1v) is 18.1. The minimum Gasteiger partial charge on any atom is -0.444 e. The number of carbonyl (C=O) groups is 3. The summed E-state index contributed by atoms with van der Waals surface area (Å²) in [7, 11) is 0. The first-order chi connectivity index (χ1) is 25.8. The maximum atomic E-state index is 12.5. The largest absolute Gasteiger partial charge is 0.444 e. The lowest BCUT2D eigenvalue weighted by molar-refractivity contribution is -0.138.